The van der Waals surface area contributed by atoms with Crippen molar-refractivity contribution in [1.29, 1.82) is 0 Å². The highest BCUT2D eigenvalue weighted by Crippen LogP contribution is 2.28. The summed E-state index contributed by atoms with van der Waals surface area (Å²) in [5.41, 5.74) is 1.90. The Balaban J connectivity index is 1.92. The first-order chi connectivity index (χ1) is 14.6. The molecule has 2 amide bonds. The van der Waals surface area contributed by atoms with Crippen LogP contribution in [-0.4, -0.2) is 39.6 Å². The minimum atomic E-state index is -0.988. The van der Waals surface area contributed by atoms with Gasteiger partial charge in [0.15, 0.2) is 0 Å². The number of fused-ring (bicyclic) bond motifs is 1. The van der Waals surface area contributed by atoms with Crippen LogP contribution in [0.3, 0.4) is 0 Å². The number of benzene rings is 2. The van der Waals surface area contributed by atoms with Crippen LogP contribution in [0, 0.1) is 0 Å². The molecular formula is C24H28N2O5. The number of carboxylic acid groups (broad SMARTS) is 1. The van der Waals surface area contributed by atoms with Gasteiger partial charge in [-0.15, -0.1) is 0 Å². The van der Waals surface area contributed by atoms with E-state index in [-0.39, 0.29) is 18.9 Å². The smallest absolute Gasteiger partial charge is 0.408 e. The third kappa shape index (κ3) is 5.84. The van der Waals surface area contributed by atoms with E-state index in [2.05, 4.69) is 5.32 Å². The van der Waals surface area contributed by atoms with Gasteiger partial charge in [-0.3, -0.25) is 9.59 Å². The van der Waals surface area contributed by atoms with Gasteiger partial charge in [-0.05, 0) is 43.9 Å². The molecule has 0 radical (unpaired) electrons. The fourth-order valence-corrected chi connectivity index (χ4v) is 3.75. The Bertz CT molecular complexity index is 952. The minimum Gasteiger partial charge on any atom is -0.481 e. The lowest BCUT2D eigenvalue weighted by Crippen LogP contribution is -2.50. The Morgan fingerprint density at radius 2 is 1.68 bits per heavy atom. The molecule has 164 valence electrons. The topological polar surface area (TPSA) is 95.9 Å². The molecule has 0 aromatic heterocycles. The zero-order valence-corrected chi connectivity index (χ0v) is 18.0. The van der Waals surface area contributed by atoms with Crippen LogP contribution in [0.25, 0.3) is 0 Å². The third-order valence-electron chi connectivity index (χ3n) is 5.09. The SMILES string of the molecule is CC(C)(C)OC(=O)NC(C(=O)N1Cc2ccccc2C[C@@H]1CC(=O)O)c1ccccc1. The second kappa shape index (κ2) is 9.20. The standard InChI is InChI=1S/C24H28N2O5/c1-24(2,3)31-23(30)25-21(16-9-5-4-6-10-16)22(29)26-15-18-12-8-7-11-17(18)13-19(26)14-20(27)28/h4-12,19,21H,13-15H2,1-3H3,(H,25,30)(H,27,28)/t19-,21?/m1/s1. The molecule has 0 aliphatic carbocycles. The molecule has 7 nitrogen and oxygen atoms in total. The second-order valence-electron chi connectivity index (χ2n) is 8.68. The van der Waals surface area contributed by atoms with Crippen LogP contribution >= 0.6 is 0 Å². The number of alkyl carbamates (subject to hydrolysis) is 1. The van der Waals surface area contributed by atoms with Gasteiger partial charge >= 0.3 is 12.1 Å². The van der Waals surface area contributed by atoms with Gasteiger partial charge in [0.25, 0.3) is 0 Å². The van der Waals surface area contributed by atoms with Gasteiger partial charge in [0.2, 0.25) is 5.91 Å². The molecule has 2 N–H and O–H groups in total. The first-order valence-corrected chi connectivity index (χ1v) is 10.3. The van der Waals surface area contributed by atoms with Crippen LogP contribution in [0.2, 0.25) is 0 Å². The number of nitrogens with one attached hydrogen (secondary N) is 1. The zero-order valence-electron chi connectivity index (χ0n) is 18.0. The van der Waals surface area contributed by atoms with E-state index in [0.717, 1.165) is 11.1 Å². The summed E-state index contributed by atoms with van der Waals surface area (Å²) in [6, 6.07) is 15.1. The molecule has 7 heteroatoms. The van der Waals surface area contributed by atoms with Crippen LogP contribution in [-0.2, 0) is 27.3 Å². The average molecular weight is 424 g/mol. The number of aliphatic carboxylic acids is 1. The number of ether oxygens (including phenoxy) is 1. The molecule has 2 aromatic rings. The quantitative estimate of drug-likeness (QED) is 0.763. The highest BCUT2D eigenvalue weighted by atomic mass is 16.6. The van der Waals surface area contributed by atoms with Crippen molar-refractivity contribution in [2.45, 2.75) is 57.8 Å². The number of rotatable bonds is 5. The molecule has 0 fully saturated rings. The normalized spacial score (nSPS) is 16.7. The highest BCUT2D eigenvalue weighted by molar-refractivity contribution is 5.88. The largest absolute Gasteiger partial charge is 0.481 e. The molecule has 3 rings (SSSR count). The van der Waals surface area contributed by atoms with Crippen LogP contribution in [0.4, 0.5) is 4.79 Å². The predicted molar refractivity (Wildman–Crippen MR) is 115 cm³/mol. The number of carboxylic acids is 1. The van der Waals surface area contributed by atoms with E-state index in [9.17, 15) is 19.5 Å². The maximum absolute atomic E-state index is 13.7. The van der Waals surface area contributed by atoms with Gasteiger partial charge in [-0.25, -0.2) is 4.79 Å². The molecule has 0 saturated carbocycles. The third-order valence-corrected chi connectivity index (χ3v) is 5.09. The Morgan fingerprint density at radius 1 is 1.06 bits per heavy atom. The fourth-order valence-electron chi connectivity index (χ4n) is 3.75. The van der Waals surface area contributed by atoms with E-state index in [1.807, 2.05) is 30.3 Å². The van der Waals surface area contributed by atoms with Crippen molar-refractivity contribution < 1.29 is 24.2 Å². The van der Waals surface area contributed by atoms with Gasteiger partial charge in [0.1, 0.15) is 11.6 Å². The molecular weight excluding hydrogens is 396 g/mol. The van der Waals surface area contributed by atoms with Crippen LogP contribution in [0.15, 0.2) is 54.6 Å². The number of amides is 2. The summed E-state index contributed by atoms with van der Waals surface area (Å²) in [5.74, 6) is -1.34. The van der Waals surface area contributed by atoms with Gasteiger partial charge < -0.3 is 20.1 Å². The minimum absolute atomic E-state index is 0.173. The molecule has 0 saturated heterocycles. The summed E-state index contributed by atoms with van der Waals surface area (Å²) >= 11 is 0. The summed E-state index contributed by atoms with van der Waals surface area (Å²) in [5, 5.41) is 12.1. The van der Waals surface area contributed by atoms with E-state index in [1.54, 1.807) is 49.9 Å². The van der Waals surface area contributed by atoms with Crippen molar-refractivity contribution in [2.24, 2.45) is 0 Å². The lowest BCUT2D eigenvalue weighted by Gasteiger charge is -2.38. The molecule has 1 unspecified atom stereocenters. The average Bonchev–Trinajstić information content (AvgIpc) is 2.70. The number of carbonyl (C=O) groups is 3. The Morgan fingerprint density at radius 3 is 2.29 bits per heavy atom. The van der Waals surface area contributed by atoms with E-state index in [0.29, 0.717) is 12.0 Å². The van der Waals surface area contributed by atoms with Gasteiger partial charge in [0.05, 0.1) is 6.42 Å². The van der Waals surface area contributed by atoms with Crippen molar-refractivity contribution in [3.8, 4) is 0 Å². The number of nitrogens with zero attached hydrogens (tertiary/aromatic N) is 1. The molecule has 31 heavy (non-hydrogen) atoms. The van der Waals surface area contributed by atoms with E-state index in [1.165, 1.54) is 0 Å². The Hall–Kier alpha value is -3.35. The molecule has 1 heterocycles. The molecule has 2 aromatic carbocycles. The first-order valence-electron chi connectivity index (χ1n) is 10.3. The van der Waals surface area contributed by atoms with Crippen molar-refractivity contribution in [1.82, 2.24) is 10.2 Å². The van der Waals surface area contributed by atoms with Crippen LogP contribution in [0.5, 0.6) is 0 Å². The van der Waals surface area contributed by atoms with E-state index < -0.39 is 29.7 Å². The Kier molecular flexibility index (Phi) is 6.63. The lowest BCUT2D eigenvalue weighted by atomic mass is 9.91. The molecule has 0 spiro atoms. The Labute approximate surface area is 182 Å². The van der Waals surface area contributed by atoms with Crippen LogP contribution < -0.4 is 5.32 Å². The van der Waals surface area contributed by atoms with Crippen LogP contribution in [0.1, 0.15) is 49.9 Å². The summed E-state index contributed by atoms with van der Waals surface area (Å²) in [6.07, 6.45) is -0.433. The zero-order chi connectivity index (χ0) is 22.6. The van der Waals surface area contributed by atoms with E-state index >= 15 is 0 Å². The molecule has 0 bridgehead atoms. The maximum Gasteiger partial charge on any atom is 0.408 e. The lowest BCUT2D eigenvalue weighted by molar-refractivity contribution is -0.142. The van der Waals surface area contributed by atoms with Crippen molar-refractivity contribution in [2.75, 3.05) is 0 Å². The summed E-state index contributed by atoms with van der Waals surface area (Å²) < 4.78 is 5.36. The summed E-state index contributed by atoms with van der Waals surface area (Å²) in [7, 11) is 0. The number of hydrogen-bond donors (Lipinski definition) is 2. The predicted octanol–water partition coefficient (Wildman–Crippen LogP) is 3.68. The first kappa shape index (κ1) is 22.3. The number of hydrogen-bond acceptors (Lipinski definition) is 4. The van der Waals surface area contributed by atoms with E-state index in [4.69, 9.17) is 4.74 Å². The van der Waals surface area contributed by atoms with Crippen molar-refractivity contribution >= 4 is 18.0 Å². The maximum atomic E-state index is 13.7. The number of carbonyl (C=O) groups excluding carboxylic acids is 2. The molecule has 1 aliphatic heterocycles. The monoisotopic (exact) mass is 424 g/mol. The van der Waals surface area contributed by atoms with Crippen molar-refractivity contribution in [3.63, 3.8) is 0 Å². The van der Waals surface area contributed by atoms with Gasteiger partial charge in [0, 0.05) is 12.6 Å². The summed E-state index contributed by atoms with van der Waals surface area (Å²) in [4.78, 5) is 39.2. The molecule has 1 aliphatic rings. The highest BCUT2D eigenvalue weighted by Gasteiger charge is 2.36. The van der Waals surface area contributed by atoms with Gasteiger partial charge in [-0.1, -0.05) is 54.6 Å². The molecule has 2 atom stereocenters. The van der Waals surface area contributed by atoms with Crippen molar-refractivity contribution in [3.05, 3.63) is 71.3 Å². The fraction of sp³-hybridized carbons (Fsp3) is 0.375. The second-order valence-corrected chi connectivity index (χ2v) is 8.68. The summed E-state index contributed by atoms with van der Waals surface area (Å²) in [6.45, 7) is 5.52. The van der Waals surface area contributed by atoms with Gasteiger partial charge in [-0.2, -0.15) is 0 Å².